The quantitative estimate of drug-likeness (QED) is 0.327. The van der Waals surface area contributed by atoms with Crippen LogP contribution in [0.25, 0.3) is 16.3 Å². The number of nitrogens with zero attached hydrogens (tertiary/aromatic N) is 3. The molecule has 0 spiro atoms. The zero-order chi connectivity index (χ0) is 20.2. The molecule has 1 aromatic carbocycles. The number of halogens is 1. The number of para-hydroxylation sites is 1. The van der Waals surface area contributed by atoms with Crippen molar-refractivity contribution < 1.29 is 14.4 Å². The van der Waals surface area contributed by atoms with Crippen molar-refractivity contribution in [2.24, 2.45) is 0 Å². The summed E-state index contributed by atoms with van der Waals surface area (Å²) in [6.45, 7) is 2.48. The monoisotopic (exact) mass is 413 g/mol. The molecule has 1 saturated heterocycles. The predicted molar refractivity (Wildman–Crippen MR) is 110 cm³/mol. The molecule has 3 aromatic rings. The molecule has 2 aromatic heterocycles. The van der Waals surface area contributed by atoms with Crippen molar-refractivity contribution >= 4 is 39.4 Å². The molecule has 9 heteroatoms. The van der Waals surface area contributed by atoms with Gasteiger partial charge in [0.25, 0.3) is 5.91 Å². The molecule has 1 amide bonds. The van der Waals surface area contributed by atoms with Gasteiger partial charge in [-0.2, -0.15) is 0 Å². The van der Waals surface area contributed by atoms with E-state index in [4.69, 9.17) is 5.21 Å². The summed E-state index contributed by atoms with van der Waals surface area (Å²) in [5.74, 6) is -0.978. The summed E-state index contributed by atoms with van der Waals surface area (Å²) < 4.78 is 15.5. The van der Waals surface area contributed by atoms with Gasteiger partial charge >= 0.3 is 0 Å². The lowest BCUT2D eigenvalue weighted by molar-refractivity contribution is -0.124. The van der Waals surface area contributed by atoms with E-state index in [1.54, 1.807) is 11.3 Å². The van der Waals surface area contributed by atoms with Crippen LogP contribution in [0.2, 0.25) is 0 Å². The number of hydrogen-bond donors (Lipinski definition) is 3. The highest BCUT2D eigenvalue weighted by Gasteiger charge is 2.24. The lowest BCUT2D eigenvalue weighted by Gasteiger charge is -2.16. The zero-order valence-electron chi connectivity index (χ0n) is 15.5. The number of carbonyl (C=O) groups is 1. The number of benzene rings is 1. The average molecular weight is 413 g/mol. The van der Waals surface area contributed by atoms with Gasteiger partial charge in [-0.05, 0) is 36.3 Å². The van der Waals surface area contributed by atoms with E-state index in [1.165, 1.54) is 28.5 Å². The smallest absolute Gasteiger partial charge is 0.267 e. The fourth-order valence-corrected chi connectivity index (χ4v) is 4.34. The maximum absolute atomic E-state index is 14.3. The SMILES string of the molecule is O=C(/C=C/c1cnc(N[C@@H]2CCN(Cc3nc4ccccc4s3)C2)c(F)c1)NO. The molecule has 1 aliphatic rings. The van der Waals surface area contributed by atoms with Crippen LogP contribution in [0, 0.1) is 5.82 Å². The molecule has 1 aliphatic heterocycles. The van der Waals surface area contributed by atoms with Gasteiger partial charge in [-0.15, -0.1) is 11.3 Å². The lowest BCUT2D eigenvalue weighted by atomic mass is 10.2. The third-order valence-corrected chi connectivity index (χ3v) is 5.73. The van der Waals surface area contributed by atoms with Crippen LogP contribution in [-0.4, -0.2) is 45.1 Å². The minimum Gasteiger partial charge on any atom is -0.364 e. The van der Waals surface area contributed by atoms with Gasteiger partial charge in [-0.3, -0.25) is 14.9 Å². The highest BCUT2D eigenvalue weighted by molar-refractivity contribution is 7.18. The van der Waals surface area contributed by atoms with Gasteiger partial charge in [0, 0.05) is 31.4 Å². The van der Waals surface area contributed by atoms with E-state index in [0.29, 0.717) is 5.56 Å². The number of thiazole rings is 1. The van der Waals surface area contributed by atoms with Crippen molar-refractivity contribution in [2.45, 2.75) is 19.0 Å². The number of pyridine rings is 1. The molecule has 0 saturated carbocycles. The predicted octanol–water partition coefficient (Wildman–Crippen LogP) is 3.04. The van der Waals surface area contributed by atoms with Gasteiger partial charge in [0.2, 0.25) is 0 Å². The van der Waals surface area contributed by atoms with E-state index in [2.05, 4.69) is 26.3 Å². The molecule has 4 rings (SSSR count). The van der Waals surface area contributed by atoms with Crippen LogP contribution in [0.3, 0.4) is 0 Å². The van der Waals surface area contributed by atoms with Gasteiger partial charge in [0.15, 0.2) is 11.6 Å². The number of rotatable bonds is 6. The molecule has 0 radical (unpaired) electrons. The molecule has 1 fully saturated rings. The third kappa shape index (κ3) is 4.76. The molecule has 1 atom stereocenters. The molecular weight excluding hydrogens is 393 g/mol. The van der Waals surface area contributed by atoms with Gasteiger partial charge in [0.1, 0.15) is 5.01 Å². The number of likely N-dealkylation sites (tertiary alicyclic amines) is 1. The Morgan fingerprint density at radius 2 is 2.28 bits per heavy atom. The number of carbonyl (C=O) groups excluding carboxylic acids is 1. The number of amides is 1. The molecule has 29 heavy (non-hydrogen) atoms. The summed E-state index contributed by atoms with van der Waals surface area (Å²) in [7, 11) is 0. The first-order valence-corrected chi connectivity index (χ1v) is 10.0. The number of anilines is 1. The van der Waals surface area contributed by atoms with E-state index in [-0.39, 0.29) is 11.9 Å². The molecule has 0 aliphatic carbocycles. The minimum absolute atomic E-state index is 0.105. The highest BCUT2D eigenvalue weighted by Crippen LogP contribution is 2.25. The molecule has 3 N–H and O–H groups in total. The Morgan fingerprint density at radius 1 is 1.41 bits per heavy atom. The van der Waals surface area contributed by atoms with Crippen LogP contribution < -0.4 is 10.8 Å². The fraction of sp³-hybridized carbons (Fsp3) is 0.250. The van der Waals surface area contributed by atoms with Crippen molar-refractivity contribution in [3.8, 4) is 0 Å². The van der Waals surface area contributed by atoms with Crippen LogP contribution in [0.5, 0.6) is 0 Å². The van der Waals surface area contributed by atoms with Crippen molar-refractivity contribution in [3.63, 3.8) is 0 Å². The Balaban J connectivity index is 1.34. The van der Waals surface area contributed by atoms with E-state index in [1.807, 2.05) is 18.2 Å². The van der Waals surface area contributed by atoms with E-state index in [0.717, 1.165) is 42.7 Å². The van der Waals surface area contributed by atoms with Crippen molar-refractivity contribution in [2.75, 3.05) is 18.4 Å². The molecule has 150 valence electrons. The topological polar surface area (TPSA) is 90.4 Å². The second kappa shape index (κ2) is 8.64. The van der Waals surface area contributed by atoms with Crippen LogP contribution in [0.15, 0.2) is 42.6 Å². The molecular formula is C20H20FN5O2S. The average Bonchev–Trinajstić information content (AvgIpc) is 3.34. The first-order valence-electron chi connectivity index (χ1n) is 9.22. The summed E-state index contributed by atoms with van der Waals surface area (Å²) >= 11 is 1.71. The Hall–Kier alpha value is -2.88. The summed E-state index contributed by atoms with van der Waals surface area (Å²) in [5.41, 5.74) is 2.93. The largest absolute Gasteiger partial charge is 0.364 e. The summed E-state index contributed by atoms with van der Waals surface area (Å²) in [4.78, 5) is 22.1. The highest BCUT2D eigenvalue weighted by atomic mass is 32.1. The molecule has 3 heterocycles. The maximum Gasteiger partial charge on any atom is 0.267 e. The Labute approximate surface area is 170 Å². The number of hydrogen-bond acceptors (Lipinski definition) is 7. The van der Waals surface area contributed by atoms with Gasteiger partial charge in [-0.25, -0.2) is 19.8 Å². The van der Waals surface area contributed by atoms with E-state index in [9.17, 15) is 9.18 Å². The van der Waals surface area contributed by atoms with Gasteiger partial charge in [-0.1, -0.05) is 12.1 Å². The first-order chi connectivity index (χ1) is 14.1. The van der Waals surface area contributed by atoms with Crippen LogP contribution in [0.4, 0.5) is 10.2 Å². The first kappa shape index (κ1) is 19.4. The standard InChI is InChI=1S/C20H20FN5O2S/c21-15-9-13(5-6-18(27)25-28)10-22-20(15)23-14-7-8-26(11-14)12-19-24-16-3-1-2-4-17(16)29-19/h1-6,9-10,14,28H,7-8,11-12H2,(H,22,23)(H,25,27)/b6-5+/t14-/m1/s1. The van der Waals surface area contributed by atoms with Crippen LogP contribution in [-0.2, 0) is 11.3 Å². The van der Waals surface area contributed by atoms with E-state index < -0.39 is 11.7 Å². The number of fused-ring (bicyclic) bond motifs is 1. The molecule has 0 bridgehead atoms. The lowest BCUT2D eigenvalue weighted by Crippen LogP contribution is -2.26. The molecule has 7 nitrogen and oxygen atoms in total. The normalized spacial score (nSPS) is 17.2. The summed E-state index contributed by atoms with van der Waals surface area (Å²) in [5, 5.41) is 12.7. The van der Waals surface area contributed by atoms with Gasteiger partial charge < -0.3 is 5.32 Å². The Bertz CT molecular complexity index is 1020. The second-order valence-electron chi connectivity index (χ2n) is 6.85. The minimum atomic E-state index is -0.688. The Morgan fingerprint density at radius 3 is 3.07 bits per heavy atom. The number of nitrogens with one attached hydrogen (secondary N) is 2. The van der Waals surface area contributed by atoms with Crippen LogP contribution in [0.1, 0.15) is 17.0 Å². The fourth-order valence-electron chi connectivity index (χ4n) is 3.33. The van der Waals surface area contributed by atoms with Gasteiger partial charge in [0.05, 0.1) is 16.8 Å². The zero-order valence-corrected chi connectivity index (χ0v) is 16.3. The second-order valence-corrected chi connectivity index (χ2v) is 7.96. The summed E-state index contributed by atoms with van der Waals surface area (Å²) in [6.07, 6.45) is 4.84. The number of aromatic nitrogens is 2. The number of hydroxylamine groups is 1. The maximum atomic E-state index is 14.3. The van der Waals surface area contributed by atoms with Crippen molar-refractivity contribution in [1.82, 2.24) is 20.3 Å². The van der Waals surface area contributed by atoms with Crippen molar-refractivity contribution in [1.29, 1.82) is 0 Å². The van der Waals surface area contributed by atoms with Crippen LogP contribution >= 0.6 is 11.3 Å². The third-order valence-electron chi connectivity index (χ3n) is 4.71. The Kier molecular flexibility index (Phi) is 5.79. The van der Waals surface area contributed by atoms with Crippen molar-refractivity contribution in [3.05, 3.63) is 59.0 Å². The summed E-state index contributed by atoms with van der Waals surface area (Å²) in [6, 6.07) is 9.51. The molecule has 0 unspecified atom stereocenters. The van der Waals surface area contributed by atoms with E-state index >= 15 is 0 Å².